The number of hydrogen-bond donors (Lipinski definition) is 0. The van der Waals surface area contributed by atoms with E-state index in [2.05, 4.69) is 74.3 Å². The first-order valence-electron chi connectivity index (χ1n) is 8.58. The van der Waals surface area contributed by atoms with Crippen molar-refractivity contribution in [3.63, 3.8) is 0 Å². The molecule has 0 spiro atoms. The number of benzene rings is 2. The SMILES string of the molecule is CC(C)(C)N=C1C=CC(=C2C=Cc3c(ccc4ccccc34)O2)C=C1. The standard InChI is InChI=1S/C23H21NO/c1-23(2,3)24-18-11-8-17(9-12-18)21-15-13-20-19-7-5-4-6-16(19)10-14-22(20)25-21/h4-15H,1-3H3. The lowest BCUT2D eigenvalue weighted by Crippen LogP contribution is -2.13. The van der Waals surface area contributed by atoms with E-state index >= 15 is 0 Å². The van der Waals surface area contributed by atoms with Gasteiger partial charge in [-0.15, -0.1) is 0 Å². The minimum absolute atomic E-state index is 0.0735. The molecule has 2 aromatic rings. The van der Waals surface area contributed by atoms with Gasteiger partial charge in [0.25, 0.3) is 0 Å². The van der Waals surface area contributed by atoms with Crippen LogP contribution in [-0.2, 0) is 0 Å². The highest BCUT2D eigenvalue weighted by molar-refractivity contribution is 6.06. The van der Waals surface area contributed by atoms with Gasteiger partial charge in [-0.2, -0.15) is 0 Å². The zero-order valence-electron chi connectivity index (χ0n) is 14.8. The molecule has 0 amide bonds. The van der Waals surface area contributed by atoms with Crippen molar-refractivity contribution >= 4 is 22.6 Å². The first-order valence-corrected chi connectivity index (χ1v) is 8.58. The van der Waals surface area contributed by atoms with E-state index in [1.807, 2.05) is 24.3 Å². The van der Waals surface area contributed by atoms with Crippen molar-refractivity contribution < 1.29 is 4.74 Å². The summed E-state index contributed by atoms with van der Waals surface area (Å²) in [7, 11) is 0. The van der Waals surface area contributed by atoms with Crippen molar-refractivity contribution in [1.82, 2.24) is 0 Å². The van der Waals surface area contributed by atoms with Gasteiger partial charge in [-0.25, -0.2) is 0 Å². The van der Waals surface area contributed by atoms with Crippen LogP contribution in [0.1, 0.15) is 26.3 Å². The molecule has 0 aromatic heterocycles. The highest BCUT2D eigenvalue weighted by atomic mass is 16.5. The Bertz CT molecular complexity index is 976. The highest BCUT2D eigenvalue weighted by Gasteiger charge is 2.15. The van der Waals surface area contributed by atoms with Crippen LogP contribution < -0.4 is 4.74 Å². The third-order valence-electron chi connectivity index (χ3n) is 4.17. The summed E-state index contributed by atoms with van der Waals surface area (Å²) in [5.74, 6) is 1.77. The highest BCUT2D eigenvalue weighted by Crippen LogP contribution is 2.35. The Hall–Kier alpha value is -2.87. The van der Waals surface area contributed by atoms with Crippen LogP contribution in [0.4, 0.5) is 0 Å². The number of allylic oxidation sites excluding steroid dienone is 6. The molecular weight excluding hydrogens is 306 g/mol. The number of fused-ring (bicyclic) bond motifs is 3. The number of hydrogen-bond acceptors (Lipinski definition) is 2. The van der Waals surface area contributed by atoms with Crippen molar-refractivity contribution in [1.29, 1.82) is 0 Å². The Balaban J connectivity index is 1.68. The normalized spacial score (nSPS) is 16.2. The van der Waals surface area contributed by atoms with Crippen molar-refractivity contribution in [2.45, 2.75) is 26.3 Å². The van der Waals surface area contributed by atoms with Gasteiger partial charge in [-0.1, -0.05) is 30.3 Å². The van der Waals surface area contributed by atoms with Gasteiger partial charge in [0.05, 0.1) is 11.3 Å². The fourth-order valence-electron chi connectivity index (χ4n) is 3.09. The van der Waals surface area contributed by atoms with E-state index in [4.69, 9.17) is 4.74 Å². The Labute approximate surface area is 148 Å². The lowest BCUT2D eigenvalue weighted by Gasteiger charge is -2.19. The molecule has 0 N–H and O–H groups in total. The Morgan fingerprint density at radius 1 is 0.800 bits per heavy atom. The smallest absolute Gasteiger partial charge is 0.135 e. The molecule has 0 bridgehead atoms. The van der Waals surface area contributed by atoms with E-state index in [1.54, 1.807) is 0 Å². The Morgan fingerprint density at radius 3 is 2.32 bits per heavy atom. The number of aliphatic imine (C=N–C) groups is 1. The number of rotatable bonds is 0. The summed E-state index contributed by atoms with van der Waals surface area (Å²) < 4.78 is 6.17. The zero-order valence-corrected chi connectivity index (χ0v) is 14.8. The molecule has 2 aliphatic rings. The topological polar surface area (TPSA) is 21.6 Å². The summed E-state index contributed by atoms with van der Waals surface area (Å²) in [6, 6.07) is 12.5. The second-order valence-electron chi connectivity index (χ2n) is 7.33. The minimum atomic E-state index is -0.0735. The van der Waals surface area contributed by atoms with Crippen molar-refractivity contribution in [2.24, 2.45) is 4.99 Å². The molecule has 1 aliphatic heterocycles. The maximum Gasteiger partial charge on any atom is 0.135 e. The van der Waals surface area contributed by atoms with E-state index in [1.165, 1.54) is 10.8 Å². The lowest BCUT2D eigenvalue weighted by atomic mass is 10.00. The molecule has 2 aromatic carbocycles. The molecule has 0 fully saturated rings. The Morgan fingerprint density at radius 2 is 1.56 bits per heavy atom. The number of ether oxygens (including phenoxy) is 1. The van der Waals surface area contributed by atoms with Gasteiger partial charge >= 0.3 is 0 Å². The molecule has 0 radical (unpaired) electrons. The van der Waals surface area contributed by atoms with Gasteiger partial charge in [-0.05, 0) is 74.1 Å². The van der Waals surface area contributed by atoms with Crippen LogP contribution in [-0.4, -0.2) is 11.3 Å². The monoisotopic (exact) mass is 327 g/mol. The molecule has 0 unspecified atom stereocenters. The van der Waals surface area contributed by atoms with Gasteiger partial charge in [0.15, 0.2) is 0 Å². The zero-order chi connectivity index (χ0) is 17.4. The van der Waals surface area contributed by atoms with Crippen molar-refractivity contribution in [2.75, 3.05) is 0 Å². The predicted molar refractivity (Wildman–Crippen MR) is 106 cm³/mol. The molecule has 1 heterocycles. The van der Waals surface area contributed by atoms with Crippen LogP contribution in [0, 0.1) is 0 Å². The molecule has 0 atom stereocenters. The third kappa shape index (κ3) is 3.20. The largest absolute Gasteiger partial charge is 0.456 e. The van der Waals surface area contributed by atoms with Crippen LogP contribution in [0.25, 0.3) is 16.8 Å². The molecule has 1 aliphatic carbocycles. The van der Waals surface area contributed by atoms with Crippen molar-refractivity contribution in [3.05, 3.63) is 83.7 Å². The maximum absolute atomic E-state index is 6.17. The first kappa shape index (κ1) is 15.6. The molecule has 2 nitrogen and oxygen atoms in total. The van der Waals surface area contributed by atoms with Gasteiger partial charge in [0.1, 0.15) is 11.5 Å². The fourth-order valence-corrected chi connectivity index (χ4v) is 3.09. The van der Waals surface area contributed by atoms with Crippen LogP contribution in [0.3, 0.4) is 0 Å². The van der Waals surface area contributed by atoms with E-state index in [-0.39, 0.29) is 5.54 Å². The van der Waals surface area contributed by atoms with Crippen LogP contribution in [0.2, 0.25) is 0 Å². The van der Waals surface area contributed by atoms with Crippen LogP contribution >= 0.6 is 0 Å². The molecule has 124 valence electrons. The predicted octanol–water partition coefficient (Wildman–Crippen LogP) is 5.87. The third-order valence-corrected chi connectivity index (χ3v) is 4.17. The molecular formula is C23H21NO. The molecule has 4 rings (SSSR count). The summed E-state index contributed by atoms with van der Waals surface area (Å²) in [4.78, 5) is 4.68. The quantitative estimate of drug-likeness (QED) is 0.593. The summed E-state index contributed by atoms with van der Waals surface area (Å²) >= 11 is 0. The molecule has 0 saturated heterocycles. The molecule has 25 heavy (non-hydrogen) atoms. The average molecular weight is 327 g/mol. The lowest BCUT2D eigenvalue weighted by molar-refractivity contribution is 0.438. The second-order valence-corrected chi connectivity index (χ2v) is 7.33. The fraction of sp³-hybridized carbons (Fsp3) is 0.174. The minimum Gasteiger partial charge on any atom is -0.456 e. The van der Waals surface area contributed by atoms with Crippen LogP contribution in [0.15, 0.2) is 83.1 Å². The van der Waals surface area contributed by atoms with Gasteiger partial charge < -0.3 is 4.74 Å². The van der Waals surface area contributed by atoms with Gasteiger partial charge in [-0.3, -0.25) is 4.99 Å². The molecule has 2 heteroatoms. The van der Waals surface area contributed by atoms with Gasteiger partial charge in [0, 0.05) is 11.1 Å². The maximum atomic E-state index is 6.17. The van der Waals surface area contributed by atoms with E-state index in [0.29, 0.717) is 0 Å². The van der Waals surface area contributed by atoms with Gasteiger partial charge in [0.2, 0.25) is 0 Å². The first-order chi connectivity index (χ1) is 12.0. The van der Waals surface area contributed by atoms with E-state index < -0.39 is 0 Å². The van der Waals surface area contributed by atoms with E-state index in [9.17, 15) is 0 Å². The summed E-state index contributed by atoms with van der Waals surface area (Å²) in [5.41, 5.74) is 3.11. The summed E-state index contributed by atoms with van der Waals surface area (Å²) in [5, 5.41) is 2.45. The van der Waals surface area contributed by atoms with Crippen molar-refractivity contribution in [3.8, 4) is 5.75 Å². The average Bonchev–Trinajstić information content (AvgIpc) is 2.60. The van der Waals surface area contributed by atoms with E-state index in [0.717, 1.165) is 28.4 Å². The summed E-state index contributed by atoms with van der Waals surface area (Å²) in [6.07, 6.45) is 12.4. The number of nitrogens with zero attached hydrogens (tertiary/aromatic N) is 1. The van der Waals surface area contributed by atoms with Crippen LogP contribution in [0.5, 0.6) is 5.75 Å². The Kier molecular flexibility index (Phi) is 3.69. The second kappa shape index (κ2) is 5.89. The molecule has 0 saturated carbocycles. The summed E-state index contributed by atoms with van der Waals surface area (Å²) in [6.45, 7) is 6.30.